The van der Waals surface area contributed by atoms with Gasteiger partial charge in [0.1, 0.15) is 5.75 Å². The zero-order valence-electron chi connectivity index (χ0n) is 14.3. The Hall–Kier alpha value is -1.22. The maximum absolute atomic E-state index is 6.08. The molecule has 0 amide bonds. The second kappa shape index (κ2) is 9.04. The molecule has 0 atom stereocenters. The van der Waals surface area contributed by atoms with Crippen LogP contribution in [0.5, 0.6) is 5.75 Å². The van der Waals surface area contributed by atoms with E-state index in [1.807, 2.05) is 6.07 Å². The van der Waals surface area contributed by atoms with Gasteiger partial charge >= 0.3 is 0 Å². The van der Waals surface area contributed by atoms with Crippen molar-refractivity contribution in [2.75, 3.05) is 25.9 Å². The molecule has 0 spiro atoms. The molecule has 0 radical (unpaired) electrons. The van der Waals surface area contributed by atoms with Crippen molar-refractivity contribution in [3.63, 3.8) is 0 Å². The molecular weight excluding hydrogens is 272 g/mol. The van der Waals surface area contributed by atoms with Crippen molar-refractivity contribution in [1.29, 1.82) is 0 Å². The van der Waals surface area contributed by atoms with Crippen LogP contribution >= 0.6 is 0 Å². The predicted octanol–water partition coefficient (Wildman–Crippen LogP) is 4.25. The monoisotopic (exact) mass is 304 g/mol. The summed E-state index contributed by atoms with van der Waals surface area (Å²) >= 11 is 0. The van der Waals surface area contributed by atoms with Crippen LogP contribution in [-0.4, -0.2) is 31.1 Å². The first kappa shape index (κ1) is 17.1. The Morgan fingerprint density at radius 1 is 1.23 bits per heavy atom. The van der Waals surface area contributed by atoms with E-state index in [0.29, 0.717) is 0 Å². The van der Waals surface area contributed by atoms with Crippen LogP contribution in [0.2, 0.25) is 0 Å². The van der Waals surface area contributed by atoms with Gasteiger partial charge in [-0.3, -0.25) is 0 Å². The van der Waals surface area contributed by atoms with E-state index in [2.05, 4.69) is 31.0 Å². The summed E-state index contributed by atoms with van der Waals surface area (Å²) < 4.78 is 5.63. The SMILES string of the molecule is CCCOc1ccc(CCCN(C)C2CCCCC2)cc1N. The van der Waals surface area contributed by atoms with Crippen molar-refractivity contribution >= 4 is 5.69 Å². The van der Waals surface area contributed by atoms with Gasteiger partial charge in [-0.1, -0.05) is 32.3 Å². The van der Waals surface area contributed by atoms with Crippen LogP contribution in [0.15, 0.2) is 18.2 Å². The van der Waals surface area contributed by atoms with Crippen LogP contribution in [0.25, 0.3) is 0 Å². The van der Waals surface area contributed by atoms with E-state index in [1.54, 1.807) is 0 Å². The van der Waals surface area contributed by atoms with Crippen LogP contribution in [0.1, 0.15) is 57.4 Å². The zero-order chi connectivity index (χ0) is 15.8. The molecule has 0 aliphatic heterocycles. The molecule has 2 rings (SSSR count). The van der Waals surface area contributed by atoms with Gasteiger partial charge in [0, 0.05) is 6.04 Å². The average Bonchev–Trinajstić information content (AvgIpc) is 2.55. The third-order valence-corrected chi connectivity index (χ3v) is 4.71. The van der Waals surface area contributed by atoms with Gasteiger partial charge in [-0.25, -0.2) is 0 Å². The number of nitrogens with zero attached hydrogens (tertiary/aromatic N) is 1. The number of benzene rings is 1. The van der Waals surface area contributed by atoms with E-state index >= 15 is 0 Å². The molecule has 1 aromatic carbocycles. The molecule has 0 bridgehead atoms. The Morgan fingerprint density at radius 2 is 2.00 bits per heavy atom. The number of hydrogen-bond acceptors (Lipinski definition) is 3. The van der Waals surface area contributed by atoms with E-state index in [1.165, 1.54) is 50.6 Å². The molecule has 0 aromatic heterocycles. The quantitative estimate of drug-likeness (QED) is 0.729. The number of anilines is 1. The summed E-state index contributed by atoms with van der Waals surface area (Å²) in [5.41, 5.74) is 8.16. The number of rotatable bonds is 8. The molecule has 3 nitrogen and oxygen atoms in total. The summed E-state index contributed by atoms with van der Waals surface area (Å²) in [6.45, 7) is 4.02. The van der Waals surface area contributed by atoms with Crippen LogP contribution in [0.3, 0.4) is 0 Å². The lowest BCUT2D eigenvalue weighted by atomic mass is 9.94. The Bertz CT molecular complexity index is 441. The molecule has 124 valence electrons. The minimum atomic E-state index is 0.732. The van der Waals surface area contributed by atoms with Crippen molar-refractivity contribution in [2.24, 2.45) is 0 Å². The van der Waals surface area contributed by atoms with Crippen molar-refractivity contribution in [3.8, 4) is 5.75 Å². The van der Waals surface area contributed by atoms with Crippen molar-refractivity contribution < 1.29 is 4.74 Å². The van der Waals surface area contributed by atoms with Gasteiger partial charge in [0.25, 0.3) is 0 Å². The zero-order valence-corrected chi connectivity index (χ0v) is 14.3. The molecule has 0 heterocycles. The minimum absolute atomic E-state index is 0.732. The molecule has 1 aliphatic rings. The number of nitrogens with two attached hydrogens (primary N) is 1. The summed E-state index contributed by atoms with van der Waals surface area (Å²) in [5.74, 6) is 0.824. The lowest BCUT2D eigenvalue weighted by Gasteiger charge is -2.31. The fourth-order valence-electron chi connectivity index (χ4n) is 3.33. The second-order valence-corrected chi connectivity index (χ2v) is 6.60. The Balaban J connectivity index is 1.75. The van der Waals surface area contributed by atoms with Crippen LogP contribution in [0.4, 0.5) is 5.69 Å². The van der Waals surface area contributed by atoms with Gasteiger partial charge in [-0.15, -0.1) is 0 Å². The predicted molar refractivity (Wildman–Crippen MR) is 94.5 cm³/mol. The third kappa shape index (κ3) is 5.20. The maximum atomic E-state index is 6.08. The number of aryl methyl sites for hydroxylation is 1. The van der Waals surface area contributed by atoms with Crippen LogP contribution < -0.4 is 10.5 Å². The highest BCUT2D eigenvalue weighted by Gasteiger charge is 2.17. The van der Waals surface area contributed by atoms with E-state index in [4.69, 9.17) is 10.5 Å². The van der Waals surface area contributed by atoms with Gasteiger partial charge in [0.05, 0.1) is 12.3 Å². The minimum Gasteiger partial charge on any atom is -0.491 e. The molecule has 1 aromatic rings. The third-order valence-electron chi connectivity index (χ3n) is 4.71. The maximum Gasteiger partial charge on any atom is 0.142 e. The highest BCUT2D eigenvalue weighted by molar-refractivity contribution is 5.54. The van der Waals surface area contributed by atoms with Gasteiger partial charge in [0.2, 0.25) is 0 Å². The topological polar surface area (TPSA) is 38.5 Å². The van der Waals surface area contributed by atoms with E-state index in [9.17, 15) is 0 Å². The van der Waals surface area contributed by atoms with E-state index in [-0.39, 0.29) is 0 Å². The average molecular weight is 304 g/mol. The number of ether oxygens (including phenoxy) is 1. The first-order chi connectivity index (χ1) is 10.7. The lowest BCUT2D eigenvalue weighted by Crippen LogP contribution is -2.34. The second-order valence-electron chi connectivity index (χ2n) is 6.60. The van der Waals surface area contributed by atoms with E-state index in [0.717, 1.165) is 36.9 Å². The molecule has 1 saturated carbocycles. The lowest BCUT2D eigenvalue weighted by molar-refractivity contribution is 0.190. The Morgan fingerprint density at radius 3 is 2.68 bits per heavy atom. The summed E-state index contributed by atoms with van der Waals surface area (Å²) in [5, 5.41) is 0. The van der Waals surface area contributed by atoms with Gasteiger partial charge in [-0.2, -0.15) is 0 Å². The standard InChI is InChI=1S/C19H32N2O/c1-3-14-22-19-12-11-16(15-18(19)20)8-7-13-21(2)17-9-5-4-6-10-17/h11-12,15,17H,3-10,13-14,20H2,1-2H3. The molecule has 1 fully saturated rings. The summed E-state index contributed by atoms with van der Waals surface area (Å²) in [6.07, 6.45) is 10.3. The summed E-state index contributed by atoms with van der Waals surface area (Å²) in [7, 11) is 2.28. The molecule has 1 aliphatic carbocycles. The highest BCUT2D eigenvalue weighted by Crippen LogP contribution is 2.24. The molecule has 0 saturated heterocycles. The molecular formula is C19H32N2O. The summed E-state index contributed by atoms with van der Waals surface area (Å²) in [4.78, 5) is 2.56. The van der Waals surface area contributed by atoms with Gasteiger partial charge < -0.3 is 15.4 Å². The molecule has 2 N–H and O–H groups in total. The molecule has 3 heteroatoms. The fraction of sp³-hybridized carbons (Fsp3) is 0.684. The van der Waals surface area contributed by atoms with Crippen LogP contribution in [0, 0.1) is 0 Å². The van der Waals surface area contributed by atoms with Gasteiger partial charge in [-0.05, 0) is 63.4 Å². The Kier molecular flexibility index (Phi) is 7.04. The van der Waals surface area contributed by atoms with Crippen molar-refractivity contribution in [2.45, 2.75) is 64.3 Å². The highest BCUT2D eigenvalue weighted by atomic mass is 16.5. The van der Waals surface area contributed by atoms with E-state index < -0.39 is 0 Å². The van der Waals surface area contributed by atoms with Crippen molar-refractivity contribution in [1.82, 2.24) is 4.90 Å². The first-order valence-electron chi connectivity index (χ1n) is 8.92. The van der Waals surface area contributed by atoms with Crippen LogP contribution in [-0.2, 0) is 6.42 Å². The normalized spacial score (nSPS) is 16.1. The first-order valence-corrected chi connectivity index (χ1v) is 8.92. The van der Waals surface area contributed by atoms with Gasteiger partial charge in [0.15, 0.2) is 0 Å². The smallest absolute Gasteiger partial charge is 0.142 e. The number of hydrogen-bond donors (Lipinski definition) is 1. The van der Waals surface area contributed by atoms with Crippen molar-refractivity contribution in [3.05, 3.63) is 23.8 Å². The summed E-state index contributed by atoms with van der Waals surface area (Å²) in [6, 6.07) is 7.06. The number of nitrogen functional groups attached to an aromatic ring is 1. The molecule has 0 unspecified atom stereocenters. The molecule has 22 heavy (non-hydrogen) atoms. The largest absolute Gasteiger partial charge is 0.491 e. The Labute approximate surface area is 135 Å². The fourth-order valence-corrected chi connectivity index (χ4v) is 3.33.